The van der Waals surface area contributed by atoms with E-state index in [1.54, 1.807) is 0 Å². The first-order valence-corrected chi connectivity index (χ1v) is 4.43. The Bertz CT molecular complexity index is 257. The summed E-state index contributed by atoms with van der Waals surface area (Å²) in [7, 11) is 1.35. The SMILES string of the molecule is COC(C)=O.C[C@@H](N)c1ccccc1. The Hall–Kier alpha value is -1.35. The Balaban J connectivity index is 0.000000292. The van der Waals surface area contributed by atoms with Gasteiger partial charge in [0.15, 0.2) is 0 Å². The fraction of sp³-hybridized carbons (Fsp3) is 0.364. The Morgan fingerprint density at radius 2 is 1.79 bits per heavy atom. The van der Waals surface area contributed by atoms with Gasteiger partial charge in [-0.05, 0) is 12.5 Å². The fourth-order valence-electron chi connectivity index (χ4n) is 0.757. The standard InChI is InChI=1S/C8H11N.C3H6O2/c1-7(9)8-5-3-2-4-6-8;1-3(4)5-2/h2-7H,9H2,1H3;1-2H3/t7-;/m1./s1. The molecule has 0 aliphatic carbocycles. The topological polar surface area (TPSA) is 52.3 Å². The third-order valence-electron chi connectivity index (χ3n) is 1.61. The van der Waals surface area contributed by atoms with Crippen LogP contribution in [0.5, 0.6) is 0 Å². The van der Waals surface area contributed by atoms with E-state index in [2.05, 4.69) is 4.74 Å². The van der Waals surface area contributed by atoms with Gasteiger partial charge in [-0.1, -0.05) is 30.3 Å². The molecule has 3 nitrogen and oxygen atoms in total. The number of benzene rings is 1. The highest BCUT2D eigenvalue weighted by Crippen LogP contribution is 2.06. The van der Waals surface area contributed by atoms with Crippen LogP contribution < -0.4 is 5.73 Å². The van der Waals surface area contributed by atoms with Gasteiger partial charge in [0.25, 0.3) is 0 Å². The second-order valence-corrected chi connectivity index (χ2v) is 2.90. The normalized spacial score (nSPS) is 10.9. The van der Waals surface area contributed by atoms with Crippen LogP contribution in [0.4, 0.5) is 0 Å². The Kier molecular flexibility index (Phi) is 6.41. The average molecular weight is 195 g/mol. The van der Waals surface area contributed by atoms with Gasteiger partial charge >= 0.3 is 5.97 Å². The Labute approximate surface area is 84.9 Å². The monoisotopic (exact) mass is 195 g/mol. The molecule has 0 unspecified atom stereocenters. The minimum Gasteiger partial charge on any atom is -0.469 e. The van der Waals surface area contributed by atoms with Gasteiger partial charge in [-0.15, -0.1) is 0 Å². The highest BCUT2D eigenvalue weighted by atomic mass is 16.5. The molecule has 0 bridgehead atoms. The first kappa shape index (κ1) is 12.7. The predicted molar refractivity (Wildman–Crippen MR) is 56.7 cm³/mol. The lowest BCUT2D eigenvalue weighted by Crippen LogP contribution is -2.03. The molecule has 78 valence electrons. The molecule has 0 heterocycles. The van der Waals surface area contributed by atoms with Crippen LogP contribution in [0.1, 0.15) is 25.5 Å². The summed E-state index contributed by atoms with van der Waals surface area (Å²) in [6, 6.07) is 10.2. The molecular formula is C11H17NO2. The third-order valence-corrected chi connectivity index (χ3v) is 1.61. The van der Waals surface area contributed by atoms with Gasteiger partial charge in [0.1, 0.15) is 0 Å². The molecule has 2 N–H and O–H groups in total. The maximum atomic E-state index is 9.59. The fourth-order valence-corrected chi connectivity index (χ4v) is 0.757. The molecule has 0 aliphatic heterocycles. The maximum Gasteiger partial charge on any atom is 0.302 e. The van der Waals surface area contributed by atoms with Crippen LogP contribution in [0, 0.1) is 0 Å². The molecule has 0 saturated carbocycles. The van der Waals surface area contributed by atoms with E-state index in [1.165, 1.54) is 19.6 Å². The maximum absolute atomic E-state index is 9.59. The Morgan fingerprint density at radius 3 is 2.00 bits per heavy atom. The molecule has 1 aromatic rings. The predicted octanol–water partition coefficient (Wildman–Crippen LogP) is 1.89. The van der Waals surface area contributed by atoms with E-state index in [1.807, 2.05) is 37.3 Å². The number of nitrogens with two attached hydrogens (primary N) is 1. The van der Waals surface area contributed by atoms with Crippen LogP contribution in [0.25, 0.3) is 0 Å². The average Bonchev–Trinajstić information content (AvgIpc) is 2.20. The third kappa shape index (κ3) is 6.20. The minimum atomic E-state index is -0.245. The van der Waals surface area contributed by atoms with Crippen LogP contribution in [0.2, 0.25) is 0 Å². The number of carbonyl (C=O) groups excluding carboxylic acids is 1. The van der Waals surface area contributed by atoms with Crippen molar-refractivity contribution in [2.45, 2.75) is 19.9 Å². The first-order chi connectivity index (χ1) is 6.57. The zero-order valence-corrected chi connectivity index (χ0v) is 8.86. The van der Waals surface area contributed by atoms with Crippen molar-refractivity contribution in [3.8, 4) is 0 Å². The molecule has 0 aliphatic rings. The van der Waals surface area contributed by atoms with E-state index in [4.69, 9.17) is 5.73 Å². The van der Waals surface area contributed by atoms with Crippen molar-refractivity contribution in [1.82, 2.24) is 0 Å². The summed E-state index contributed by atoms with van der Waals surface area (Å²) in [6.45, 7) is 3.34. The van der Waals surface area contributed by atoms with Gasteiger partial charge in [-0.25, -0.2) is 0 Å². The van der Waals surface area contributed by atoms with Crippen molar-refractivity contribution in [2.24, 2.45) is 5.73 Å². The van der Waals surface area contributed by atoms with Gasteiger partial charge < -0.3 is 10.5 Å². The minimum absolute atomic E-state index is 0.159. The van der Waals surface area contributed by atoms with Crippen molar-refractivity contribution in [3.63, 3.8) is 0 Å². The van der Waals surface area contributed by atoms with Crippen molar-refractivity contribution in [2.75, 3.05) is 7.11 Å². The molecule has 0 saturated heterocycles. The lowest BCUT2D eigenvalue weighted by atomic mass is 10.1. The second kappa shape index (κ2) is 7.09. The molecule has 0 radical (unpaired) electrons. The summed E-state index contributed by atoms with van der Waals surface area (Å²) >= 11 is 0. The Morgan fingerprint density at radius 1 is 1.36 bits per heavy atom. The second-order valence-electron chi connectivity index (χ2n) is 2.90. The van der Waals surface area contributed by atoms with Crippen molar-refractivity contribution in [3.05, 3.63) is 35.9 Å². The van der Waals surface area contributed by atoms with Gasteiger partial charge in [0, 0.05) is 13.0 Å². The largest absolute Gasteiger partial charge is 0.469 e. The van der Waals surface area contributed by atoms with E-state index in [9.17, 15) is 4.79 Å². The molecule has 1 atom stereocenters. The number of methoxy groups -OCH3 is 1. The molecule has 0 amide bonds. The summed E-state index contributed by atoms with van der Waals surface area (Å²) in [5.41, 5.74) is 6.81. The van der Waals surface area contributed by atoms with Crippen molar-refractivity contribution in [1.29, 1.82) is 0 Å². The number of hydrogen-bond donors (Lipinski definition) is 1. The van der Waals surface area contributed by atoms with E-state index in [-0.39, 0.29) is 12.0 Å². The van der Waals surface area contributed by atoms with E-state index in [0.29, 0.717) is 0 Å². The quantitative estimate of drug-likeness (QED) is 0.696. The number of hydrogen-bond acceptors (Lipinski definition) is 3. The summed E-state index contributed by atoms with van der Waals surface area (Å²) in [5, 5.41) is 0. The van der Waals surface area contributed by atoms with Gasteiger partial charge in [0.05, 0.1) is 7.11 Å². The van der Waals surface area contributed by atoms with Gasteiger partial charge in [-0.3, -0.25) is 4.79 Å². The highest BCUT2D eigenvalue weighted by molar-refractivity contribution is 5.65. The lowest BCUT2D eigenvalue weighted by Gasteiger charge is -2.02. The molecule has 1 rings (SSSR count). The summed E-state index contributed by atoms with van der Waals surface area (Å²) in [5.74, 6) is -0.245. The molecule has 1 aromatic carbocycles. The molecule has 0 spiro atoms. The van der Waals surface area contributed by atoms with Crippen molar-refractivity contribution >= 4 is 5.97 Å². The summed E-state index contributed by atoms with van der Waals surface area (Å²) in [6.07, 6.45) is 0. The molecule has 3 heteroatoms. The number of carbonyl (C=O) groups is 1. The molecule has 14 heavy (non-hydrogen) atoms. The van der Waals surface area contributed by atoms with Crippen molar-refractivity contribution < 1.29 is 9.53 Å². The zero-order valence-electron chi connectivity index (χ0n) is 8.86. The van der Waals surface area contributed by atoms with E-state index in [0.717, 1.165) is 0 Å². The van der Waals surface area contributed by atoms with Gasteiger partial charge in [0.2, 0.25) is 0 Å². The van der Waals surface area contributed by atoms with Crippen LogP contribution in [-0.4, -0.2) is 13.1 Å². The van der Waals surface area contributed by atoms with E-state index < -0.39 is 0 Å². The highest BCUT2D eigenvalue weighted by Gasteiger charge is 1.93. The number of rotatable bonds is 1. The number of esters is 1. The van der Waals surface area contributed by atoms with E-state index >= 15 is 0 Å². The zero-order chi connectivity index (χ0) is 11.0. The first-order valence-electron chi connectivity index (χ1n) is 4.43. The molecular weight excluding hydrogens is 178 g/mol. The summed E-state index contributed by atoms with van der Waals surface area (Å²) in [4.78, 5) is 9.59. The summed E-state index contributed by atoms with van der Waals surface area (Å²) < 4.78 is 4.11. The van der Waals surface area contributed by atoms with Crippen LogP contribution in [0.3, 0.4) is 0 Å². The molecule has 0 aromatic heterocycles. The smallest absolute Gasteiger partial charge is 0.302 e. The lowest BCUT2D eigenvalue weighted by molar-refractivity contribution is -0.137. The van der Waals surface area contributed by atoms with Crippen LogP contribution in [-0.2, 0) is 9.53 Å². The number of ether oxygens (including phenoxy) is 1. The molecule has 0 fully saturated rings. The van der Waals surface area contributed by atoms with Crippen LogP contribution in [0.15, 0.2) is 30.3 Å². The van der Waals surface area contributed by atoms with Crippen LogP contribution >= 0.6 is 0 Å². The van der Waals surface area contributed by atoms with Gasteiger partial charge in [-0.2, -0.15) is 0 Å².